The summed E-state index contributed by atoms with van der Waals surface area (Å²) in [5.41, 5.74) is 5.72. The van der Waals surface area contributed by atoms with Crippen LogP contribution in [0.2, 0.25) is 0 Å². The molecule has 1 atom stereocenters. The highest BCUT2D eigenvalue weighted by molar-refractivity contribution is 7.89. The third-order valence-corrected chi connectivity index (χ3v) is 5.98. The first-order chi connectivity index (χ1) is 10.9. The van der Waals surface area contributed by atoms with Crippen molar-refractivity contribution in [2.24, 2.45) is 11.7 Å². The van der Waals surface area contributed by atoms with E-state index >= 15 is 0 Å². The number of nitrogens with two attached hydrogens (primary N) is 1. The Bertz CT molecular complexity index is 685. The lowest BCUT2D eigenvalue weighted by molar-refractivity contribution is -0.126. The molecule has 0 aliphatic carbocycles. The van der Waals surface area contributed by atoms with Gasteiger partial charge in [0.2, 0.25) is 15.9 Å². The van der Waals surface area contributed by atoms with Crippen LogP contribution >= 0.6 is 12.4 Å². The van der Waals surface area contributed by atoms with Gasteiger partial charge in [-0.25, -0.2) is 12.8 Å². The van der Waals surface area contributed by atoms with Gasteiger partial charge in [0.25, 0.3) is 0 Å². The Balaban J connectivity index is 0.00000288. The highest BCUT2D eigenvalue weighted by Crippen LogP contribution is 2.26. The van der Waals surface area contributed by atoms with Crippen molar-refractivity contribution in [3.63, 3.8) is 0 Å². The minimum Gasteiger partial charge on any atom is -0.355 e. The topological polar surface area (TPSA) is 92.5 Å². The molecule has 1 aromatic rings. The van der Waals surface area contributed by atoms with Gasteiger partial charge in [0.15, 0.2) is 0 Å². The summed E-state index contributed by atoms with van der Waals surface area (Å²) >= 11 is 0. The highest BCUT2D eigenvalue weighted by Gasteiger charge is 2.33. The SMILES string of the molecule is Cc1cc(F)ccc1S(=O)(=O)N1CCCC(C(=O)NCCN)C1.Cl. The third-order valence-electron chi connectivity index (χ3n) is 3.95. The minimum atomic E-state index is -3.73. The maximum absolute atomic E-state index is 13.2. The summed E-state index contributed by atoms with van der Waals surface area (Å²) < 4.78 is 40.0. The summed E-state index contributed by atoms with van der Waals surface area (Å²) in [6.07, 6.45) is 1.25. The molecule has 1 aromatic carbocycles. The van der Waals surface area contributed by atoms with Crippen molar-refractivity contribution in [2.45, 2.75) is 24.7 Å². The van der Waals surface area contributed by atoms with Crippen LogP contribution in [0.5, 0.6) is 0 Å². The fraction of sp³-hybridized carbons (Fsp3) is 0.533. The van der Waals surface area contributed by atoms with Gasteiger partial charge in [0.1, 0.15) is 5.82 Å². The standard InChI is InChI=1S/C15H22FN3O3S.ClH/c1-11-9-13(16)4-5-14(11)23(21,22)19-8-2-3-12(10-19)15(20)18-7-6-17;/h4-5,9,12H,2-3,6-8,10,17H2,1H3,(H,18,20);1H. The van der Waals surface area contributed by atoms with E-state index in [1.165, 1.54) is 16.4 Å². The van der Waals surface area contributed by atoms with Crippen LogP contribution in [0.25, 0.3) is 0 Å². The van der Waals surface area contributed by atoms with E-state index in [1.54, 1.807) is 6.92 Å². The zero-order chi connectivity index (χ0) is 17.0. The number of hydrogen-bond acceptors (Lipinski definition) is 4. The van der Waals surface area contributed by atoms with Crippen LogP contribution in [-0.4, -0.2) is 44.8 Å². The molecule has 1 aliphatic rings. The van der Waals surface area contributed by atoms with Crippen LogP contribution in [0, 0.1) is 18.7 Å². The van der Waals surface area contributed by atoms with Crippen molar-refractivity contribution in [3.05, 3.63) is 29.6 Å². The number of piperidine rings is 1. The third kappa shape index (κ3) is 4.66. The lowest BCUT2D eigenvalue weighted by Gasteiger charge is -2.31. The number of sulfonamides is 1. The average molecular weight is 380 g/mol. The number of halogens is 2. The van der Waals surface area contributed by atoms with Crippen molar-refractivity contribution < 1.29 is 17.6 Å². The van der Waals surface area contributed by atoms with Gasteiger partial charge < -0.3 is 11.1 Å². The quantitative estimate of drug-likeness (QED) is 0.799. The van der Waals surface area contributed by atoms with E-state index in [0.717, 1.165) is 6.07 Å². The monoisotopic (exact) mass is 379 g/mol. The smallest absolute Gasteiger partial charge is 0.243 e. The number of nitrogens with one attached hydrogen (secondary N) is 1. The van der Waals surface area contributed by atoms with Crippen LogP contribution in [0.4, 0.5) is 4.39 Å². The van der Waals surface area contributed by atoms with Crippen molar-refractivity contribution >= 4 is 28.3 Å². The second-order valence-corrected chi connectivity index (χ2v) is 7.60. The number of rotatable bonds is 5. The zero-order valence-electron chi connectivity index (χ0n) is 13.5. The second kappa shape index (κ2) is 8.75. The highest BCUT2D eigenvalue weighted by atomic mass is 35.5. The first-order valence-electron chi connectivity index (χ1n) is 7.60. The Morgan fingerprint density at radius 1 is 1.46 bits per heavy atom. The van der Waals surface area contributed by atoms with Crippen LogP contribution in [0.1, 0.15) is 18.4 Å². The van der Waals surface area contributed by atoms with Crippen LogP contribution in [0.15, 0.2) is 23.1 Å². The van der Waals surface area contributed by atoms with Gasteiger partial charge in [-0.15, -0.1) is 12.4 Å². The molecule has 0 aromatic heterocycles. The molecule has 0 radical (unpaired) electrons. The second-order valence-electron chi connectivity index (χ2n) is 5.69. The fourth-order valence-electron chi connectivity index (χ4n) is 2.76. The van der Waals surface area contributed by atoms with Crippen LogP contribution in [0.3, 0.4) is 0 Å². The van der Waals surface area contributed by atoms with E-state index in [1.807, 2.05) is 0 Å². The molecular weight excluding hydrogens is 357 g/mol. The Hall–Kier alpha value is -1.22. The molecule has 0 spiro atoms. The summed E-state index contributed by atoms with van der Waals surface area (Å²) in [4.78, 5) is 12.1. The maximum atomic E-state index is 13.2. The fourth-order valence-corrected chi connectivity index (χ4v) is 4.49. The minimum absolute atomic E-state index is 0. The van der Waals surface area contributed by atoms with Crippen molar-refractivity contribution in [1.82, 2.24) is 9.62 Å². The Labute approximate surface area is 148 Å². The normalized spacial score (nSPS) is 18.7. The lowest BCUT2D eigenvalue weighted by Crippen LogP contribution is -2.46. The number of hydrogen-bond donors (Lipinski definition) is 2. The summed E-state index contributed by atoms with van der Waals surface area (Å²) in [7, 11) is -3.73. The Kier molecular flexibility index (Phi) is 7.59. The van der Waals surface area contributed by atoms with E-state index < -0.39 is 15.8 Å². The van der Waals surface area contributed by atoms with Gasteiger partial charge in [0, 0.05) is 26.2 Å². The Morgan fingerprint density at radius 2 is 2.17 bits per heavy atom. The van der Waals surface area contributed by atoms with Crippen LogP contribution < -0.4 is 11.1 Å². The number of amides is 1. The maximum Gasteiger partial charge on any atom is 0.243 e. The van der Waals surface area contributed by atoms with E-state index in [-0.39, 0.29) is 35.7 Å². The van der Waals surface area contributed by atoms with E-state index in [2.05, 4.69) is 5.32 Å². The first kappa shape index (κ1) is 20.8. The van der Waals surface area contributed by atoms with E-state index in [4.69, 9.17) is 5.73 Å². The number of carbonyl (C=O) groups excluding carboxylic acids is 1. The molecule has 3 N–H and O–H groups in total. The predicted octanol–water partition coefficient (Wildman–Crippen LogP) is 1.03. The van der Waals surface area contributed by atoms with Crippen LogP contribution in [-0.2, 0) is 14.8 Å². The van der Waals surface area contributed by atoms with Crippen molar-refractivity contribution in [1.29, 1.82) is 0 Å². The molecule has 2 rings (SSSR count). The van der Waals surface area contributed by atoms with Gasteiger partial charge in [-0.2, -0.15) is 4.31 Å². The Morgan fingerprint density at radius 3 is 2.79 bits per heavy atom. The molecule has 24 heavy (non-hydrogen) atoms. The first-order valence-corrected chi connectivity index (χ1v) is 9.04. The largest absolute Gasteiger partial charge is 0.355 e. The predicted molar refractivity (Wildman–Crippen MR) is 91.9 cm³/mol. The average Bonchev–Trinajstić information content (AvgIpc) is 2.52. The molecule has 1 fully saturated rings. The molecule has 1 saturated heterocycles. The molecule has 1 amide bonds. The zero-order valence-corrected chi connectivity index (χ0v) is 15.1. The summed E-state index contributed by atoms with van der Waals surface area (Å²) in [6, 6.07) is 3.61. The molecule has 6 nitrogen and oxygen atoms in total. The molecule has 1 heterocycles. The molecule has 0 saturated carbocycles. The number of carbonyl (C=O) groups is 1. The number of benzene rings is 1. The molecular formula is C15H23ClFN3O3S. The molecule has 9 heteroatoms. The van der Waals surface area contributed by atoms with E-state index in [0.29, 0.717) is 38.0 Å². The molecule has 1 unspecified atom stereocenters. The molecule has 0 bridgehead atoms. The van der Waals surface area contributed by atoms with Gasteiger partial charge in [0.05, 0.1) is 10.8 Å². The summed E-state index contributed by atoms with van der Waals surface area (Å²) in [5.74, 6) is -1.03. The van der Waals surface area contributed by atoms with Gasteiger partial charge in [-0.3, -0.25) is 4.79 Å². The van der Waals surface area contributed by atoms with Gasteiger partial charge in [-0.1, -0.05) is 0 Å². The molecule has 136 valence electrons. The van der Waals surface area contributed by atoms with Gasteiger partial charge in [-0.05, 0) is 43.5 Å². The molecule has 1 aliphatic heterocycles. The van der Waals surface area contributed by atoms with Crippen molar-refractivity contribution in [2.75, 3.05) is 26.2 Å². The number of nitrogens with zero attached hydrogens (tertiary/aromatic N) is 1. The van der Waals surface area contributed by atoms with Crippen molar-refractivity contribution in [3.8, 4) is 0 Å². The van der Waals surface area contributed by atoms with E-state index in [9.17, 15) is 17.6 Å². The number of aryl methyl sites for hydroxylation is 1. The summed E-state index contributed by atoms with van der Waals surface area (Å²) in [5, 5.41) is 2.70. The van der Waals surface area contributed by atoms with Gasteiger partial charge >= 0.3 is 0 Å². The lowest BCUT2D eigenvalue weighted by atomic mass is 9.99. The summed E-state index contributed by atoms with van der Waals surface area (Å²) in [6.45, 7) is 2.77.